The van der Waals surface area contributed by atoms with E-state index in [2.05, 4.69) is 0 Å². The van der Waals surface area contributed by atoms with Gasteiger partial charge in [-0.2, -0.15) is 0 Å². The molecule has 136 valence electrons. The Morgan fingerprint density at radius 2 is 1.65 bits per heavy atom. The highest BCUT2D eigenvalue weighted by atomic mass is 32.2. The lowest BCUT2D eigenvalue weighted by Crippen LogP contribution is -2.23. The molecule has 0 aliphatic heterocycles. The number of hydrogen-bond acceptors (Lipinski definition) is 7. The van der Waals surface area contributed by atoms with Crippen LogP contribution in [0.3, 0.4) is 0 Å². The maximum atomic E-state index is 11.6. The Hall–Kier alpha value is -0.640. The van der Waals surface area contributed by atoms with Crippen molar-refractivity contribution >= 4 is 34.2 Å². The Balaban J connectivity index is 3.82. The molecular formula is C14H26O7S2. The molecular weight excluding hydrogens is 344 g/mol. The molecule has 0 rings (SSSR count). The average molecular weight is 370 g/mol. The van der Waals surface area contributed by atoms with Crippen LogP contribution in [0.25, 0.3) is 0 Å². The molecule has 0 saturated heterocycles. The van der Waals surface area contributed by atoms with Crippen molar-refractivity contribution in [3.05, 3.63) is 0 Å². The third-order valence-corrected chi connectivity index (χ3v) is 4.82. The molecule has 0 aromatic rings. The first kappa shape index (κ1) is 22.4. The Kier molecular flexibility index (Phi) is 12.4. The molecule has 4 atom stereocenters. The van der Waals surface area contributed by atoms with Gasteiger partial charge in [-0.15, -0.1) is 0 Å². The molecule has 23 heavy (non-hydrogen) atoms. The molecule has 0 aromatic heterocycles. The van der Waals surface area contributed by atoms with Crippen LogP contribution in [-0.4, -0.2) is 44.4 Å². The number of carbonyl (C=O) groups excluding carboxylic acids is 2. The molecule has 0 heterocycles. The number of unbranched alkanes of at least 4 members (excludes halogenated alkanes) is 1. The van der Waals surface area contributed by atoms with Crippen molar-refractivity contribution in [2.75, 3.05) is 12.9 Å². The number of hydrogen-bond donors (Lipinski definition) is 0. The zero-order valence-electron chi connectivity index (χ0n) is 14.1. The van der Waals surface area contributed by atoms with Crippen LogP contribution in [0.1, 0.15) is 52.9 Å². The van der Waals surface area contributed by atoms with Crippen LogP contribution < -0.4 is 0 Å². The van der Waals surface area contributed by atoms with Crippen molar-refractivity contribution < 1.29 is 32.0 Å². The largest absolute Gasteiger partial charge is 0.614 e. The first-order valence-electron chi connectivity index (χ1n) is 7.53. The fourth-order valence-corrected chi connectivity index (χ4v) is 2.35. The van der Waals surface area contributed by atoms with E-state index >= 15 is 0 Å². The van der Waals surface area contributed by atoms with E-state index in [0.29, 0.717) is 19.4 Å². The van der Waals surface area contributed by atoms with Gasteiger partial charge in [0, 0.05) is 19.8 Å². The summed E-state index contributed by atoms with van der Waals surface area (Å²) in [4.78, 5) is 23.0. The summed E-state index contributed by atoms with van der Waals surface area (Å²) in [6.07, 6.45) is 3.37. The van der Waals surface area contributed by atoms with Crippen LogP contribution in [-0.2, 0) is 45.5 Å². The van der Waals surface area contributed by atoms with Crippen LogP contribution in [0.2, 0.25) is 0 Å². The highest BCUT2D eigenvalue weighted by Crippen LogP contribution is 2.09. The first-order chi connectivity index (χ1) is 10.8. The van der Waals surface area contributed by atoms with Gasteiger partial charge in [-0.05, 0) is 37.4 Å². The van der Waals surface area contributed by atoms with Crippen LogP contribution in [0.15, 0.2) is 0 Å². The Morgan fingerprint density at radius 1 is 1.13 bits per heavy atom. The topological polar surface area (TPSA) is 102 Å². The fourth-order valence-electron chi connectivity index (χ4n) is 1.40. The lowest BCUT2D eigenvalue weighted by molar-refractivity contribution is -0.147. The summed E-state index contributed by atoms with van der Waals surface area (Å²) in [5.41, 5.74) is -1.45. The van der Waals surface area contributed by atoms with E-state index in [4.69, 9.17) is 13.7 Å². The second kappa shape index (κ2) is 12.7. The molecule has 0 spiro atoms. The van der Waals surface area contributed by atoms with E-state index in [0.717, 1.165) is 6.42 Å². The van der Waals surface area contributed by atoms with Crippen molar-refractivity contribution in [1.82, 2.24) is 0 Å². The Morgan fingerprint density at radius 3 is 2.13 bits per heavy atom. The van der Waals surface area contributed by atoms with Crippen LogP contribution >= 0.6 is 0 Å². The molecule has 0 aliphatic carbocycles. The second-order valence-corrected chi connectivity index (χ2v) is 7.98. The predicted octanol–water partition coefficient (Wildman–Crippen LogP) is 1.79. The maximum absolute atomic E-state index is 11.6. The number of carbonyl (C=O) groups is 2. The summed E-state index contributed by atoms with van der Waals surface area (Å²) in [7, 11) is 0. The standard InChI is InChI=1S/C14H26O7S2/c1-5-10-19-23(18)12(3)21-14(16)9-7-6-8-13(15)20-11(2)22(4)17/h11-12H,5-10H2,1-4H3. The highest BCUT2D eigenvalue weighted by Gasteiger charge is 2.18. The monoisotopic (exact) mass is 370 g/mol. The van der Waals surface area contributed by atoms with Gasteiger partial charge in [0.25, 0.3) is 5.44 Å². The minimum absolute atomic E-state index is 0.123. The number of ether oxygens (including phenoxy) is 2. The third kappa shape index (κ3) is 11.5. The predicted molar refractivity (Wildman–Crippen MR) is 88.0 cm³/mol. The Labute approximate surface area is 143 Å². The maximum Gasteiger partial charge on any atom is 0.309 e. The summed E-state index contributed by atoms with van der Waals surface area (Å²) in [6, 6.07) is 0. The molecule has 0 amide bonds. The van der Waals surface area contributed by atoms with Gasteiger partial charge in [-0.25, -0.2) is 4.21 Å². The number of esters is 2. The van der Waals surface area contributed by atoms with Gasteiger partial charge in [0.05, 0.1) is 12.9 Å². The summed E-state index contributed by atoms with van der Waals surface area (Å²) >= 11 is -2.87. The normalized spacial score (nSPS) is 16.2. The molecule has 0 aliphatic rings. The lowest BCUT2D eigenvalue weighted by Gasteiger charge is -2.14. The molecule has 0 radical (unpaired) electrons. The molecule has 0 bridgehead atoms. The van der Waals surface area contributed by atoms with Crippen LogP contribution in [0.5, 0.6) is 0 Å². The zero-order chi connectivity index (χ0) is 17.8. The minimum atomic E-state index is -1.66. The highest BCUT2D eigenvalue weighted by molar-refractivity contribution is 7.91. The van der Waals surface area contributed by atoms with Gasteiger partial charge >= 0.3 is 11.9 Å². The van der Waals surface area contributed by atoms with Gasteiger partial charge in [0.1, 0.15) is 0 Å². The van der Waals surface area contributed by atoms with Crippen molar-refractivity contribution in [1.29, 1.82) is 0 Å². The van der Waals surface area contributed by atoms with E-state index < -0.39 is 45.1 Å². The van der Waals surface area contributed by atoms with E-state index in [1.807, 2.05) is 6.92 Å². The molecule has 0 aromatic carbocycles. The van der Waals surface area contributed by atoms with E-state index in [1.165, 1.54) is 13.2 Å². The molecule has 7 nitrogen and oxygen atoms in total. The number of rotatable bonds is 12. The molecule has 0 N–H and O–H groups in total. The molecule has 0 saturated carbocycles. The van der Waals surface area contributed by atoms with Gasteiger partial charge < -0.3 is 14.0 Å². The quantitative estimate of drug-likeness (QED) is 0.293. The SMILES string of the molecule is CCCOS(=O)C(C)OC(=O)CCCCC(=O)OC(C)[S+](C)[O-]. The van der Waals surface area contributed by atoms with Crippen molar-refractivity contribution in [2.24, 2.45) is 0 Å². The van der Waals surface area contributed by atoms with Crippen LogP contribution in [0, 0.1) is 0 Å². The summed E-state index contributed by atoms with van der Waals surface area (Å²) in [5, 5.41) is 0. The van der Waals surface area contributed by atoms with E-state index in [9.17, 15) is 18.4 Å². The summed E-state index contributed by atoms with van der Waals surface area (Å²) in [5.74, 6) is -0.925. The first-order valence-corrected chi connectivity index (χ1v) is 10.3. The molecule has 4 unspecified atom stereocenters. The van der Waals surface area contributed by atoms with E-state index in [-0.39, 0.29) is 12.8 Å². The summed E-state index contributed by atoms with van der Waals surface area (Å²) < 4.78 is 37.5. The van der Waals surface area contributed by atoms with Gasteiger partial charge in [-0.1, -0.05) is 6.92 Å². The van der Waals surface area contributed by atoms with Crippen molar-refractivity contribution in [2.45, 2.75) is 63.7 Å². The van der Waals surface area contributed by atoms with Crippen LogP contribution in [0.4, 0.5) is 0 Å². The smallest absolute Gasteiger partial charge is 0.309 e. The fraction of sp³-hybridized carbons (Fsp3) is 0.857. The van der Waals surface area contributed by atoms with Crippen molar-refractivity contribution in [3.63, 3.8) is 0 Å². The van der Waals surface area contributed by atoms with Gasteiger partial charge in [0.2, 0.25) is 0 Å². The van der Waals surface area contributed by atoms with Crippen molar-refractivity contribution in [3.8, 4) is 0 Å². The second-order valence-electron chi connectivity index (χ2n) is 4.90. The summed E-state index contributed by atoms with van der Waals surface area (Å²) in [6.45, 7) is 5.30. The average Bonchev–Trinajstić information content (AvgIpc) is 2.48. The molecule has 9 heteroatoms. The zero-order valence-corrected chi connectivity index (χ0v) is 15.7. The Bertz CT molecular complexity index is 387. The van der Waals surface area contributed by atoms with Gasteiger partial charge in [0.15, 0.2) is 16.5 Å². The van der Waals surface area contributed by atoms with Gasteiger partial charge in [-0.3, -0.25) is 13.8 Å². The third-order valence-electron chi connectivity index (χ3n) is 2.75. The van der Waals surface area contributed by atoms with E-state index in [1.54, 1.807) is 6.92 Å². The molecule has 0 fully saturated rings. The lowest BCUT2D eigenvalue weighted by atomic mass is 10.2. The minimum Gasteiger partial charge on any atom is -0.614 e.